The van der Waals surface area contributed by atoms with Crippen molar-refractivity contribution in [1.29, 1.82) is 0 Å². The Balaban J connectivity index is 2.06. The molecule has 15 heavy (non-hydrogen) atoms. The molecule has 0 aliphatic rings. The number of hydrogen-bond acceptors (Lipinski definition) is 3. The molecule has 2 rings (SSSR count). The second-order valence-electron chi connectivity index (χ2n) is 3.04. The highest BCUT2D eigenvalue weighted by Gasteiger charge is 2.03. The summed E-state index contributed by atoms with van der Waals surface area (Å²) in [7, 11) is 1.93. The lowest BCUT2D eigenvalue weighted by Gasteiger charge is -2.06. The van der Waals surface area contributed by atoms with E-state index in [-0.39, 0.29) is 0 Å². The smallest absolute Gasteiger partial charge is 0.152 e. The Morgan fingerprint density at radius 2 is 2.27 bits per heavy atom. The van der Waals surface area contributed by atoms with E-state index in [1.807, 2.05) is 29.9 Å². The summed E-state index contributed by atoms with van der Waals surface area (Å²) >= 11 is 3.32. The van der Waals surface area contributed by atoms with Gasteiger partial charge in [0.1, 0.15) is 17.0 Å². The molecule has 0 N–H and O–H groups in total. The maximum Gasteiger partial charge on any atom is 0.152 e. The second kappa shape index (κ2) is 4.44. The molecule has 0 aliphatic carbocycles. The van der Waals surface area contributed by atoms with Gasteiger partial charge in [-0.25, -0.2) is 9.97 Å². The van der Waals surface area contributed by atoms with E-state index in [1.54, 1.807) is 12.4 Å². The molecule has 0 unspecified atom stereocenters. The van der Waals surface area contributed by atoms with Gasteiger partial charge < -0.3 is 9.30 Å². The Morgan fingerprint density at radius 1 is 1.40 bits per heavy atom. The summed E-state index contributed by atoms with van der Waals surface area (Å²) in [6, 6.07) is 3.69. The van der Waals surface area contributed by atoms with Crippen molar-refractivity contribution in [1.82, 2.24) is 14.5 Å². The first kappa shape index (κ1) is 10.2. The van der Waals surface area contributed by atoms with Crippen LogP contribution in [0.3, 0.4) is 0 Å². The molecule has 0 saturated heterocycles. The van der Waals surface area contributed by atoms with Gasteiger partial charge in [0.25, 0.3) is 0 Å². The van der Waals surface area contributed by atoms with Crippen LogP contribution in [0.4, 0.5) is 0 Å². The Labute approximate surface area is 96.1 Å². The average Bonchev–Trinajstić information content (AvgIpc) is 2.63. The number of hydrogen-bond donors (Lipinski definition) is 0. The molecule has 0 radical (unpaired) electrons. The highest BCUT2D eigenvalue weighted by atomic mass is 79.9. The minimum atomic E-state index is 0.438. The Bertz CT molecular complexity index is 455. The van der Waals surface area contributed by atoms with Gasteiger partial charge >= 0.3 is 0 Å². The molecule has 5 heteroatoms. The Morgan fingerprint density at radius 3 is 2.93 bits per heavy atom. The zero-order valence-electron chi connectivity index (χ0n) is 8.22. The van der Waals surface area contributed by atoms with Gasteiger partial charge in [0.2, 0.25) is 0 Å². The van der Waals surface area contributed by atoms with E-state index in [9.17, 15) is 0 Å². The summed E-state index contributed by atoms with van der Waals surface area (Å²) in [6.45, 7) is 0.438. The van der Waals surface area contributed by atoms with Gasteiger partial charge in [-0.2, -0.15) is 0 Å². The lowest BCUT2D eigenvalue weighted by atomic mass is 10.5. The van der Waals surface area contributed by atoms with E-state index < -0.39 is 0 Å². The fraction of sp³-hybridized carbons (Fsp3) is 0.200. The van der Waals surface area contributed by atoms with Crippen LogP contribution in [0, 0.1) is 0 Å². The fourth-order valence-electron chi connectivity index (χ4n) is 1.16. The first-order chi connectivity index (χ1) is 7.27. The molecule has 78 valence electrons. The Kier molecular flexibility index (Phi) is 3.01. The van der Waals surface area contributed by atoms with Crippen LogP contribution in [-0.2, 0) is 13.7 Å². The minimum Gasteiger partial charge on any atom is -0.483 e. The van der Waals surface area contributed by atoms with E-state index in [4.69, 9.17) is 4.74 Å². The molecule has 0 saturated carbocycles. The number of pyridine rings is 1. The van der Waals surface area contributed by atoms with Crippen molar-refractivity contribution < 1.29 is 4.74 Å². The third-order valence-electron chi connectivity index (χ3n) is 2.00. The molecule has 0 fully saturated rings. The molecular formula is C10H10BrN3O. The van der Waals surface area contributed by atoms with Crippen LogP contribution in [0.25, 0.3) is 0 Å². The Hall–Kier alpha value is -1.36. The number of aromatic nitrogens is 3. The summed E-state index contributed by atoms with van der Waals surface area (Å²) in [6.07, 6.45) is 5.34. The van der Waals surface area contributed by atoms with E-state index in [0.717, 1.165) is 11.6 Å². The van der Waals surface area contributed by atoms with E-state index in [2.05, 4.69) is 25.9 Å². The first-order valence-electron chi connectivity index (χ1n) is 4.47. The molecule has 0 bridgehead atoms. The van der Waals surface area contributed by atoms with Crippen molar-refractivity contribution in [3.05, 3.63) is 41.2 Å². The molecule has 0 atom stereocenters. The molecule has 0 aromatic carbocycles. The van der Waals surface area contributed by atoms with Crippen molar-refractivity contribution in [2.24, 2.45) is 7.05 Å². The van der Waals surface area contributed by atoms with Crippen LogP contribution in [0.5, 0.6) is 5.75 Å². The van der Waals surface area contributed by atoms with Crippen molar-refractivity contribution in [3.8, 4) is 5.75 Å². The summed E-state index contributed by atoms with van der Waals surface area (Å²) in [5, 5.41) is 0. The first-order valence-corrected chi connectivity index (χ1v) is 5.26. The van der Waals surface area contributed by atoms with Crippen LogP contribution < -0.4 is 4.74 Å². The van der Waals surface area contributed by atoms with Gasteiger partial charge in [0.05, 0.1) is 0 Å². The zero-order valence-corrected chi connectivity index (χ0v) is 9.81. The van der Waals surface area contributed by atoms with Crippen LogP contribution in [-0.4, -0.2) is 14.5 Å². The third-order valence-corrected chi connectivity index (χ3v) is 2.60. The van der Waals surface area contributed by atoms with E-state index >= 15 is 0 Å². The number of nitrogens with zero attached hydrogens (tertiary/aromatic N) is 3. The third kappa shape index (κ3) is 2.36. The second-order valence-corrected chi connectivity index (χ2v) is 3.79. The van der Waals surface area contributed by atoms with Crippen molar-refractivity contribution in [2.45, 2.75) is 6.61 Å². The molecule has 4 nitrogen and oxygen atoms in total. The average molecular weight is 268 g/mol. The number of ether oxygens (including phenoxy) is 1. The summed E-state index contributed by atoms with van der Waals surface area (Å²) in [5.41, 5.74) is 0. The summed E-state index contributed by atoms with van der Waals surface area (Å²) in [5.74, 6) is 1.60. The van der Waals surface area contributed by atoms with Crippen LogP contribution >= 0.6 is 15.9 Å². The van der Waals surface area contributed by atoms with Gasteiger partial charge in [-0.05, 0) is 28.1 Å². The van der Waals surface area contributed by atoms with E-state index in [1.165, 1.54) is 0 Å². The van der Waals surface area contributed by atoms with Crippen LogP contribution in [0.15, 0.2) is 35.3 Å². The quantitative estimate of drug-likeness (QED) is 0.801. The largest absolute Gasteiger partial charge is 0.483 e. The number of halogens is 1. The number of rotatable bonds is 3. The predicted octanol–water partition coefficient (Wildman–Crippen LogP) is 2.16. The monoisotopic (exact) mass is 267 g/mol. The lowest BCUT2D eigenvalue weighted by molar-refractivity contribution is 0.288. The highest BCUT2D eigenvalue weighted by molar-refractivity contribution is 9.10. The van der Waals surface area contributed by atoms with E-state index in [0.29, 0.717) is 11.2 Å². The zero-order chi connectivity index (χ0) is 10.7. The highest BCUT2D eigenvalue weighted by Crippen LogP contribution is 2.21. The topological polar surface area (TPSA) is 39.9 Å². The number of aryl methyl sites for hydroxylation is 1. The van der Waals surface area contributed by atoms with Gasteiger partial charge in [-0.3, -0.25) is 0 Å². The van der Waals surface area contributed by atoms with Gasteiger partial charge in [-0.1, -0.05) is 0 Å². The van der Waals surface area contributed by atoms with Gasteiger partial charge in [-0.15, -0.1) is 0 Å². The molecule has 2 aromatic rings. The SMILES string of the molecule is Cn1ccnc1COc1cccnc1Br. The van der Waals surface area contributed by atoms with Gasteiger partial charge in [0.15, 0.2) is 5.75 Å². The molecule has 0 amide bonds. The molecule has 2 aromatic heterocycles. The molecule has 0 spiro atoms. The van der Waals surface area contributed by atoms with Crippen molar-refractivity contribution >= 4 is 15.9 Å². The molecular weight excluding hydrogens is 258 g/mol. The maximum absolute atomic E-state index is 5.57. The lowest BCUT2D eigenvalue weighted by Crippen LogP contribution is -2.03. The fourth-order valence-corrected chi connectivity index (χ4v) is 1.52. The maximum atomic E-state index is 5.57. The van der Waals surface area contributed by atoms with Crippen molar-refractivity contribution in [3.63, 3.8) is 0 Å². The molecule has 0 aliphatic heterocycles. The van der Waals surface area contributed by atoms with Crippen molar-refractivity contribution in [2.75, 3.05) is 0 Å². The predicted molar refractivity (Wildman–Crippen MR) is 59.5 cm³/mol. The normalized spacial score (nSPS) is 10.3. The van der Waals surface area contributed by atoms with Gasteiger partial charge in [0, 0.05) is 25.6 Å². The summed E-state index contributed by atoms with van der Waals surface area (Å²) in [4.78, 5) is 8.23. The van der Waals surface area contributed by atoms with Crippen LogP contribution in [0.2, 0.25) is 0 Å². The number of imidazole rings is 1. The standard InChI is InChI=1S/C10H10BrN3O/c1-14-6-5-12-9(14)7-15-8-3-2-4-13-10(8)11/h2-6H,7H2,1H3. The minimum absolute atomic E-state index is 0.438. The molecule has 2 heterocycles. The van der Waals surface area contributed by atoms with Crippen LogP contribution in [0.1, 0.15) is 5.82 Å². The summed E-state index contributed by atoms with van der Waals surface area (Å²) < 4.78 is 8.20.